The molecule has 14 heavy (non-hydrogen) atoms. The molecule has 1 unspecified atom stereocenters. The summed E-state index contributed by atoms with van der Waals surface area (Å²) in [4.78, 5) is 0. The van der Waals surface area contributed by atoms with Crippen molar-refractivity contribution in [1.82, 2.24) is 0 Å². The molecule has 0 saturated carbocycles. The third-order valence-electron chi connectivity index (χ3n) is 2.08. The van der Waals surface area contributed by atoms with Crippen molar-refractivity contribution in [3.8, 4) is 5.75 Å². The Morgan fingerprint density at radius 3 is 2.71 bits per heavy atom. The Kier molecular flexibility index (Phi) is 3.72. The quantitative estimate of drug-likeness (QED) is 0.845. The summed E-state index contributed by atoms with van der Waals surface area (Å²) in [6.07, 6.45) is 0. The lowest BCUT2D eigenvalue weighted by molar-refractivity contribution is 0.269. The summed E-state index contributed by atoms with van der Waals surface area (Å²) in [5.74, 6) is -0.691. The first-order valence-electron chi connectivity index (χ1n) is 4.24. The van der Waals surface area contributed by atoms with Crippen LogP contribution >= 0.6 is 11.6 Å². The second kappa shape index (κ2) is 4.62. The van der Waals surface area contributed by atoms with Crippen molar-refractivity contribution >= 4 is 11.6 Å². The number of aliphatic hydroxyl groups excluding tert-OH is 1. The minimum atomic E-state index is -0.499. The molecule has 1 aromatic carbocycles. The Bertz CT molecular complexity index is 328. The molecule has 0 heterocycles. The number of hydrogen-bond acceptors (Lipinski definition) is 2. The fourth-order valence-electron chi connectivity index (χ4n) is 1.25. The van der Waals surface area contributed by atoms with E-state index in [1.54, 1.807) is 13.0 Å². The summed E-state index contributed by atoms with van der Waals surface area (Å²) in [7, 11) is 1.39. The average molecular weight is 219 g/mol. The van der Waals surface area contributed by atoms with Crippen molar-refractivity contribution in [1.29, 1.82) is 0 Å². The van der Waals surface area contributed by atoms with Crippen LogP contribution in [0.4, 0.5) is 4.39 Å². The molecule has 4 heteroatoms. The zero-order chi connectivity index (χ0) is 10.7. The molecule has 1 aromatic rings. The maximum Gasteiger partial charge on any atom is 0.170 e. The smallest absolute Gasteiger partial charge is 0.170 e. The number of hydrogen-bond donors (Lipinski definition) is 1. The first kappa shape index (κ1) is 11.3. The highest BCUT2D eigenvalue weighted by Crippen LogP contribution is 2.32. The third-order valence-corrected chi connectivity index (χ3v) is 2.41. The molecule has 1 N–H and O–H groups in total. The van der Waals surface area contributed by atoms with E-state index in [9.17, 15) is 4.39 Å². The lowest BCUT2D eigenvalue weighted by Gasteiger charge is -2.13. The van der Waals surface area contributed by atoms with Crippen molar-refractivity contribution in [2.24, 2.45) is 0 Å². The summed E-state index contributed by atoms with van der Waals surface area (Å²) in [5, 5.41) is 9.24. The molecule has 0 bridgehead atoms. The van der Waals surface area contributed by atoms with Gasteiger partial charge in [0.15, 0.2) is 11.6 Å². The minimum Gasteiger partial charge on any atom is -0.494 e. The molecule has 0 spiro atoms. The van der Waals surface area contributed by atoms with Gasteiger partial charge in [0, 0.05) is 23.1 Å². The number of halogens is 2. The Morgan fingerprint density at radius 1 is 1.57 bits per heavy atom. The number of methoxy groups -OCH3 is 1. The van der Waals surface area contributed by atoms with Crippen molar-refractivity contribution in [2.45, 2.75) is 12.8 Å². The van der Waals surface area contributed by atoms with Crippen LogP contribution in [0.1, 0.15) is 18.4 Å². The van der Waals surface area contributed by atoms with E-state index in [1.165, 1.54) is 13.2 Å². The van der Waals surface area contributed by atoms with Crippen LogP contribution in [-0.2, 0) is 0 Å². The highest BCUT2D eigenvalue weighted by Gasteiger charge is 2.17. The van der Waals surface area contributed by atoms with Gasteiger partial charge in [-0.15, -0.1) is 0 Å². The molecule has 1 atom stereocenters. The van der Waals surface area contributed by atoms with E-state index < -0.39 is 5.82 Å². The summed E-state index contributed by atoms with van der Waals surface area (Å²) < 4.78 is 18.5. The molecule has 2 nitrogen and oxygen atoms in total. The number of rotatable bonds is 3. The second-order valence-corrected chi connectivity index (χ2v) is 3.47. The molecule has 0 aliphatic heterocycles. The minimum absolute atomic E-state index is 0.143. The van der Waals surface area contributed by atoms with E-state index in [-0.39, 0.29) is 18.3 Å². The summed E-state index contributed by atoms with van der Waals surface area (Å²) in [5.41, 5.74) is 0.300. The lowest BCUT2D eigenvalue weighted by atomic mass is 10.0. The molecule has 0 aromatic heterocycles. The highest BCUT2D eigenvalue weighted by molar-refractivity contribution is 6.31. The van der Waals surface area contributed by atoms with Crippen LogP contribution < -0.4 is 4.74 Å². The van der Waals surface area contributed by atoms with Crippen molar-refractivity contribution in [3.05, 3.63) is 28.5 Å². The van der Waals surface area contributed by atoms with E-state index in [0.29, 0.717) is 10.6 Å². The Labute approximate surface area is 87.3 Å². The standard InChI is InChI=1S/C10H12ClFO2/c1-6(5-13)9-7(11)3-4-8(14-2)10(9)12/h3-4,6,13H,5H2,1-2H3. The molecule has 0 radical (unpaired) electrons. The Morgan fingerprint density at radius 2 is 2.21 bits per heavy atom. The fourth-order valence-corrected chi connectivity index (χ4v) is 1.58. The normalized spacial score (nSPS) is 12.6. The molecule has 0 aliphatic carbocycles. The SMILES string of the molecule is COc1ccc(Cl)c(C(C)CO)c1F. The van der Waals surface area contributed by atoms with Crippen molar-refractivity contribution in [3.63, 3.8) is 0 Å². The van der Waals surface area contributed by atoms with Gasteiger partial charge in [-0.25, -0.2) is 4.39 Å². The lowest BCUT2D eigenvalue weighted by Crippen LogP contribution is -2.04. The van der Waals surface area contributed by atoms with Gasteiger partial charge in [0.1, 0.15) is 0 Å². The van der Waals surface area contributed by atoms with E-state index in [1.807, 2.05) is 0 Å². The van der Waals surface area contributed by atoms with Crippen LogP contribution in [0.3, 0.4) is 0 Å². The maximum absolute atomic E-state index is 13.7. The van der Waals surface area contributed by atoms with Crippen LogP contribution in [-0.4, -0.2) is 18.8 Å². The van der Waals surface area contributed by atoms with Gasteiger partial charge in [0.25, 0.3) is 0 Å². The van der Waals surface area contributed by atoms with Gasteiger partial charge in [-0.3, -0.25) is 0 Å². The molecule has 78 valence electrons. The first-order valence-corrected chi connectivity index (χ1v) is 4.62. The number of ether oxygens (including phenoxy) is 1. The number of aliphatic hydroxyl groups is 1. The van der Waals surface area contributed by atoms with Gasteiger partial charge in [0.05, 0.1) is 7.11 Å². The van der Waals surface area contributed by atoms with Crippen LogP contribution in [0.15, 0.2) is 12.1 Å². The molecular formula is C10H12ClFO2. The molecule has 1 rings (SSSR count). The molecule has 0 aliphatic rings. The molecular weight excluding hydrogens is 207 g/mol. The molecule has 0 amide bonds. The van der Waals surface area contributed by atoms with E-state index in [4.69, 9.17) is 21.4 Å². The summed E-state index contributed by atoms with van der Waals surface area (Å²) in [6.45, 7) is 1.55. The van der Waals surface area contributed by atoms with E-state index >= 15 is 0 Å². The maximum atomic E-state index is 13.7. The van der Waals surface area contributed by atoms with Gasteiger partial charge in [-0.05, 0) is 12.1 Å². The molecule has 0 fully saturated rings. The van der Waals surface area contributed by atoms with Crippen LogP contribution in [0, 0.1) is 5.82 Å². The van der Waals surface area contributed by atoms with Gasteiger partial charge in [-0.2, -0.15) is 0 Å². The van der Waals surface area contributed by atoms with Gasteiger partial charge < -0.3 is 9.84 Å². The van der Waals surface area contributed by atoms with Gasteiger partial charge in [0.2, 0.25) is 0 Å². The number of benzene rings is 1. The largest absolute Gasteiger partial charge is 0.494 e. The predicted molar refractivity (Wildman–Crippen MR) is 53.5 cm³/mol. The van der Waals surface area contributed by atoms with Crippen LogP contribution in [0.25, 0.3) is 0 Å². The Hall–Kier alpha value is -0.800. The topological polar surface area (TPSA) is 29.5 Å². The van der Waals surface area contributed by atoms with Crippen molar-refractivity contribution < 1.29 is 14.2 Å². The van der Waals surface area contributed by atoms with E-state index in [0.717, 1.165) is 0 Å². The van der Waals surface area contributed by atoms with Crippen LogP contribution in [0.2, 0.25) is 5.02 Å². The zero-order valence-corrected chi connectivity index (χ0v) is 8.81. The third kappa shape index (κ3) is 1.99. The summed E-state index contributed by atoms with van der Waals surface area (Å²) >= 11 is 5.83. The molecule has 0 saturated heterocycles. The van der Waals surface area contributed by atoms with Gasteiger partial charge >= 0.3 is 0 Å². The predicted octanol–water partition coefficient (Wildman–Crippen LogP) is 2.58. The van der Waals surface area contributed by atoms with Crippen molar-refractivity contribution in [2.75, 3.05) is 13.7 Å². The average Bonchev–Trinajstić information content (AvgIpc) is 2.18. The van der Waals surface area contributed by atoms with E-state index in [2.05, 4.69) is 0 Å². The Balaban J connectivity index is 3.25. The summed E-state index contributed by atoms with van der Waals surface area (Å²) in [6, 6.07) is 3.02. The first-order chi connectivity index (χ1) is 6.61. The zero-order valence-electron chi connectivity index (χ0n) is 8.05. The second-order valence-electron chi connectivity index (χ2n) is 3.06. The monoisotopic (exact) mass is 218 g/mol. The highest BCUT2D eigenvalue weighted by atomic mass is 35.5. The van der Waals surface area contributed by atoms with Crippen LogP contribution in [0.5, 0.6) is 5.75 Å². The fraction of sp³-hybridized carbons (Fsp3) is 0.400. The van der Waals surface area contributed by atoms with Gasteiger partial charge in [-0.1, -0.05) is 18.5 Å².